The number of pyridine rings is 1. The fourth-order valence-corrected chi connectivity index (χ4v) is 4.51. The molecule has 25 heavy (non-hydrogen) atoms. The molecule has 0 radical (unpaired) electrons. The third kappa shape index (κ3) is 2.82. The maximum atomic E-state index is 10.1. The monoisotopic (exact) mass is 338 g/mol. The summed E-state index contributed by atoms with van der Waals surface area (Å²) >= 11 is 0. The van der Waals surface area contributed by atoms with Crippen LogP contribution in [0.15, 0.2) is 18.2 Å². The molecule has 5 nitrogen and oxygen atoms in total. The number of hydrogen-bond donors (Lipinski definition) is 2. The lowest BCUT2D eigenvalue weighted by Crippen LogP contribution is -2.48. The molecule has 130 valence electrons. The van der Waals surface area contributed by atoms with Gasteiger partial charge in [0.25, 0.3) is 0 Å². The minimum atomic E-state index is -0.866. The molecule has 0 spiro atoms. The molecule has 1 saturated heterocycles. The zero-order chi connectivity index (χ0) is 16.8. The van der Waals surface area contributed by atoms with E-state index in [1.165, 1.54) is 11.1 Å². The van der Waals surface area contributed by atoms with Crippen molar-refractivity contribution < 1.29 is 14.4 Å². The van der Waals surface area contributed by atoms with Gasteiger partial charge in [0.15, 0.2) is 0 Å². The molecular formula is C19H23BN2O3. The summed E-state index contributed by atoms with van der Waals surface area (Å²) in [4.78, 5) is 4.49. The van der Waals surface area contributed by atoms with E-state index < -0.39 is 7.12 Å². The number of nitrogens with one attached hydrogen (secondary N) is 1. The zero-order valence-electron chi connectivity index (χ0n) is 14.3. The van der Waals surface area contributed by atoms with Gasteiger partial charge < -0.3 is 19.7 Å². The average molecular weight is 338 g/mol. The first-order valence-corrected chi connectivity index (χ1v) is 9.37. The number of aromatic nitrogens is 1. The number of nitrogens with zero attached hydrogens (tertiary/aromatic N) is 1. The van der Waals surface area contributed by atoms with Gasteiger partial charge in [0.05, 0.1) is 11.9 Å². The van der Waals surface area contributed by atoms with E-state index in [1.807, 2.05) is 5.98 Å². The number of rotatable bonds is 3. The maximum absolute atomic E-state index is 10.1. The second-order valence-corrected chi connectivity index (χ2v) is 7.51. The Morgan fingerprint density at radius 2 is 2.04 bits per heavy atom. The van der Waals surface area contributed by atoms with Crippen molar-refractivity contribution >= 4 is 18.8 Å². The lowest BCUT2D eigenvalue weighted by molar-refractivity contribution is 0.0691. The summed E-state index contributed by atoms with van der Waals surface area (Å²) in [7, 11) is -0.866. The molecule has 4 aliphatic rings. The molecule has 1 aromatic heterocycles. The maximum Gasteiger partial charge on any atom is 0.552 e. The highest BCUT2D eigenvalue weighted by molar-refractivity contribution is 6.52. The van der Waals surface area contributed by atoms with E-state index in [0.29, 0.717) is 18.0 Å². The summed E-state index contributed by atoms with van der Waals surface area (Å²) < 4.78 is 11.0. The third-order valence-electron chi connectivity index (χ3n) is 5.89. The Bertz CT molecular complexity index is 736. The highest BCUT2D eigenvalue weighted by Gasteiger charge is 2.38. The second-order valence-electron chi connectivity index (χ2n) is 7.51. The van der Waals surface area contributed by atoms with Crippen molar-refractivity contribution in [1.29, 1.82) is 0 Å². The topological polar surface area (TPSA) is 63.6 Å². The Morgan fingerprint density at radius 1 is 1.20 bits per heavy atom. The highest BCUT2D eigenvalue weighted by Crippen LogP contribution is 2.46. The molecule has 2 N–H and O–H groups in total. The quantitative estimate of drug-likeness (QED) is 0.826. The zero-order valence-corrected chi connectivity index (χ0v) is 14.3. The van der Waals surface area contributed by atoms with Gasteiger partial charge >= 0.3 is 7.12 Å². The van der Waals surface area contributed by atoms with Crippen LogP contribution in [0.4, 0.5) is 0 Å². The number of allylic oxidation sites excluding steroid dienone is 2. The molecular weight excluding hydrogens is 315 g/mol. The van der Waals surface area contributed by atoms with Crippen molar-refractivity contribution in [3.05, 3.63) is 35.1 Å². The summed E-state index contributed by atoms with van der Waals surface area (Å²) in [6, 6.07) is 1.17. The molecule has 1 saturated carbocycles. The van der Waals surface area contributed by atoms with Gasteiger partial charge in [-0.2, -0.15) is 0 Å². The second kappa shape index (κ2) is 6.27. The van der Waals surface area contributed by atoms with Crippen LogP contribution in [0.1, 0.15) is 42.5 Å². The van der Waals surface area contributed by atoms with E-state index in [0.717, 1.165) is 62.3 Å². The molecule has 0 aromatic carbocycles. The van der Waals surface area contributed by atoms with E-state index in [4.69, 9.17) is 9.39 Å². The van der Waals surface area contributed by atoms with E-state index in [1.54, 1.807) is 6.20 Å². The predicted molar refractivity (Wildman–Crippen MR) is 97.0 cm³/mol. The molecule has 0 atom stereocenters. The van der Waals surface area contributed by atoms with Crippen LogP contribution in [0.25, 0.3) is 11.6 Å². The van der Waals surface area contributed by atoms with Gasteiger partial charge in [0.2, 0.25) is 0 Å². The minimum absolute atomic E-state index is 0.482. The summed E-state index contributed by atoms with van der Waals surface area (Å²) in [6.07, 6.45) is 11.4. The van der Waals surface area contributed by atoms with Gasteiger partial charge in [-0.25, -0.2) is 0 Å². The molecule has 0 unspecified atom stereocenters. The first-order valence-electron chi connectivity index (χ1n) is 9.37. The third-order valence-corrected chi connectivity index (χ3v) is 5.89. The van der Waals surface area contributed by atoms with Crippen LogP contribution in [0, 0.1) is 5.92 Å². The molecule has 6 heteroatoms. The smallest absolute Gasteiger partial charge is 0.531 e. The minimum Gasteiger partial charge on any atom is -0.531 e. The molecule has 0 bridgehead atoms. The van der Waals surface area contributed by atoms with Crippen molar-refractivity contribution in [3.8, 4) is 5.75 Å². The predicted octanol–water partition coefficient (Wildman–Crippen LogP) is 1.99. The first kappa shape index (κ1) is 15.6. The van der Waals surface area contributed by atoms with Crippen molar-refractivity contribution in [2.24, 2.45) is 5.92 Å². The lowest BCUT2D eigenvalue weighted by Gasteiger charge is -2.42. The van der Waals surface area contributed by atoms with E-state index in [-0.39, 0.29) is 0 Å². The van der Waals surface area contributed by atoms with Crippen LogP contribution in [0.5, 0.6) is 5.75 Å². The number of hydrogen-bond acceptors (Lipinski definition) is 5. The van der Waals surface area contributed by atoms with Crippen molar-refractivity contribution in [3.63, 3.8) is 0 Å². The SMILES string of the molecule is OB1C=C(C2CC(NC3CCOCC3)C2)c2c(cnc3c2C=CC3)O1. The molecule has 5 rings (SSSR count). The van der Waals surface area contributed by atoms with Crippen LogP contribution < -0.4 is 9.97 Å². The Morgan fingerprint density at radius 3 is 2.88 bits per heavy atom. The summed E-state index contributed by atoms with van der Waals surface area (Å²) in [5, 5.41) is 13.9. The molecule has 1 aromatic rings. The van der Waals surface area contributed by atoms with Gasteiger partial charge in [-0.15, -0.1) is 0 Å². The summed E-state index contributed by atoms with van der Waals surface area (Å²) in [5.41, 5.74) is 4.68. The van der Waals surface area contributed by atoms with Crippen LogP contribution in [-0.4, -0.2) is 42.4 Å². The Labute approximate surface area is 148 Å². The number of ether oxygens (including phenoxy) is 1. The normalized spacial score (nSPS) is 28.0. The van der Waals surface area contributed by atoms with Crippen molar-refractivity contribution in [2.75, 3.05) is 13.2 Å². The highest BCUT2D eigenvalue weighted by atomic mass is 16.5. The molecule has 3 heterocycles. The first-order chi connectivity index (χ1) is 12.3. The van der Waals surface area contributed by atoms with Crippen LogP contribution in [0.2, 0.25) is 0 Å². The fourth-order valence-electron chi connectivity index (χ4n) is 4.51. The molecule has 2 fully saturated rings. The fraction of sp³-hybridized carbons (Fsp3) is 0.526. The summed E-state index contributed by atoms with van der Waals surface area (Å²) in [5.74, 6) is 3.09. The van der Waals surface area contributed by atoms with Crippen molar-refractivity contribution in [2.45, 2.75) is 44.2 Å². The van der Waals surface area contributed by atoms with Crippen LogP contribution >= 0.6 is 0 Å². The van der Waals surface area contributed by atoms with Gasteiger partial charge in [0, 0.05) is 42.8 Å². The van der Waals surface area contributed by atoms with Gasteiger partial charge in [-0.1, -0.05) is 12.2 Å². The standard InChI is InChI=1S/C19H23BN2O3/c23-20-10-16(12-8-14(9-12)22-13-4-6-24-7-5-13)19-15-2-1-3-17(15)21-11-18(19)25-20/h1-2,10-14,22-23H,3-9H2. The molecule has 2 aliphatic heterocycles. The van der Waals surface area contributed by atoms with Crippen LogP contribution in [-0.2, 0) is 11.2 Å². The van der Waals surface area contributed by atoms with Gasteiger partial charge in [-0.3, -0.25) is 4.98 Å². The Balaban J connectivity index is 1.33. The van der Waals surface area contributed by atoms with Gasteiger partial charge in [-0.05, 0) is 43.1 Å². The van der Waals surface area contributed by atoms with E-state index in [2.05, 4.69) is 22.5 Å². The molecule has 2 aliphatic carbocycles. The van der Waals surface area contributed by atoms with Crippen LogP contribution in [0.3, 0.4) is 0 Å². The van der Waals surface area contributed by atoms with E-state index in [9.17, 15) is 5.02 Å². The largest absolute Gasteiger partial charge is 0.552 e. The number of fused-ring (bicyclic) bond motifs is 3. The Kier molecular flexibility index (Phi) is 3.92. The van der Waals surface area contributed by atoms with Crippen molar-refractivity contribution in [1.82, 2.24) is 10.3 Å². The summed E-state index contributed by atoms with van der Waals surface area (Å²) in [6.45, 7) is 1.75. The Hall–Kier alpha value is -1.63. The van der Waals surface area contributed by atoms with E-state index >= 15 is 0 Å². The average Bonchev–Trinajstić information content (AvgIpc) is 3.06. The molecule has 0 amide bonds. The van der Waals surface area contributed by atoms with Gasteiger partial charge in [0.1, 0.15) is 5.75 Å². The lowest BCUT2D eigenvalue weighted by atomic mass is 9.68.